The molecule has 0 saturated carbocycles. The van der Waals surface area contributed by atoms with Gasteiger partial charge in [0.25, 0.3) is 0 Å². The molecule has 0 saturated heterocycles. The number of sulfonamides is 1. The molecule has 0 atom stereocenters. The average Bonchev–Trinajstić information content (AvgIpc) is 2.19. The fraction of sp³-hybridized carbons (Fsp3) is 0.400. The topological polar surface area (TPSA) is 46.2 Å². The van der Waals surface area contributed by atoms with Crippen LogP contribution in [0.5, 0.6) is 0 Å². The largest absolute Gasteiger partial charge is 0.212 e. The maximum absolute atomic E-state index is 13.3. The second kappa shape index (κ2) is 5.75. The first kappa shape index (κ1) is 13.6. The number of benzene rings is 1. The molecule has 90 valence electrons. The molecule has 1 aromatic rings. The van der Waals surface area contributed by atoms with Crippen molar-refractivity contribution in [1.82, 2.24) is 4.72 Å². The summed E-state index contributed by atoms with van der Waals surface area (Å²) in [6, 6.07) is 4.43. The summed E-state index contributed by atoms with van der Waals surface area (Å²) in [6.45, 7) is 1.76. The van der Waals surface area contributed by atoms with E-state index in [1.807, 2.05) is 0 Å². The Balaban J connectivity index is 2.71. The standard InChI is InChI=1S/C10H13BrFNO2S/c1-2-5-16(14,15)13-7-8-6-9(11)3-4-10(8)12/h3-4,6,13H,2,5,7H2,1H3. The van der Waals surface area contributed by atoms with Gasteiger partial charge < -0.3 is 0 Å². The quantitative estimate of drug-likeness (QED) is 0.908. The van der Waals surface area contributed by atoms with Crippen molar-refractivity contribution in [2.24, 2.45) is 0 Å². The predicted octanol–water partition coefficient (Wildman–Crippen LogP) is 2.42. The monoisotopic (exact) mass is 309 g/mol. The smallest absolute Gasteiger partial charge is 0.211 e. The van der Waals surface area contributed by atoms with Crippen LogP contribution >= 0.6 is 15.9 Å². The summed E-state index contributed by atoms with van der Waals surface area (Å²) < 4.78 is 39.1. The van der Waals surface area contributed by atoms with Crippen LogP contribution < -0.4 is 4.72 Å². The van der Waals surface area contributed by atoms with Crippen molar-refractivity contribution < 1.29 is 12.8 Å². The van der Waals surface area contributed by atoms with Crippen LogP contribution in [0, 0.1) is 5.82 Å². The highest BCUT2D eigenvalue weighted by molar-refractivity contribution is 9.10. The van der Waals surface area contributed by atoms with E-state index in [2.05, 4.69) is 20.7 Å². The molecule has 0 spiro atoms. The van der Waals surface area contributed by atoms with Crippen LogP contribution in [0.1, 0.15) is 18.9 Å². The zero-order chi connectivity index (χ0) is 12.2. The third-order valence-corrected chi connectivity index (χ3v) is 3.99. The Morgan fingerprint density at radius 1 is 1.44 bits per heavy atom. The maximum atomic E-state index is 13.3. The van der Waals surface area contributed by atoms with E-state index in [-0.39, 0.29) is 12.3 Å². The van der Waals surface area contributed by atoms with Gasteiger partial charge in [0.2, 0.25) is 10.0 Å². The first-order valence-electron chi connectivity index (χ1n) is 4.86. The van der Waals surface area contributed by atoms with Gasteiger partial charge in [0, 0.05) is 16.6 Å². The highest BCUT2D eigenvalue weighted by Crippen LogP contribution is 2.15. The van der Waals surface area contributed by atoms with E-state index in [0.29, 0.717) is 12.0 Å². The van der Waals surface area contributed by atoms with Gasteiger partial charge in [0.1, 0.15) is 5.82 Å². The molecule has 0 aliphatic rings. The van der Waals surface area contributed by atoms with E-state index in [1.165, 1.54) is 6.07 Å². The lowest BCUT2D eigenvalue weighted by Crippen LogP contribution is -2.26. The Labute approximate surface area is 103 Å². The summed E-state index contributed by atoms with van der Waals surface area (Å²) in [5.74, 6) is -0.356. The maximum Gasteiger partial charge on any atom is 0.211 e. The molecule has 6 heteroatoms. The molecule has 0 unspecified atom stereocenters. The molecule has 0 fully saturated rings. The summed E-state index contributed by atoms with van der Waals surface area (Å²) in [5.41, 5.74) is 0.328. The number of hydrogen-bond donors (Lipinski definition) is 1. The fourth-order valence-corrected chi connectivity index (χ4v) is 2.67. The molecule has 0 heterocycles. The molecule has 0 aliphatic carbocycles. The minimum absolute atomic E-state index is 0.0202. The van der Waals surface area contributed by atoms with Crippen LogP contribution in [0.15, 0.2) is 22.7 Å². The van der Waals surface area contributed by atoms with Crippen LogP contribution in [0.3, 0.4) is 0 Å². The lowest BCUT2D eigenvalue weighted by molar-refractivity contribution is 0.573. The SMILES string of the molecule is CCCS(=O)(=O)NCc1cc(Br)ccc1F. The van der Waals surface area contributed by atoms with E-state index < -0.39 is 15.8 Å². The third kappa shape index (κ3) is 4.19. The first-order valence-corrected chi connectivity index (χ1v) is 7.30. The summed E-state index contributed by atoms with van der Waals surface area (Å²) >= 11 is 3.20. The van der Waals surface area contributed by atoms with Gasteiger partial charge in [-0.2, -0.15) is 0 Å². The van der Waals surface area contributed by atoms with E-state index in [4.69, 9.17) is 0 Å². The van der Waals surface area contributed by atoms with E-state index in [9.17, 15) is 12.8 Å². The summed E-state index contributed by atoms with van der Waals surface area (Å²) in [6.07, 6.45) is 0.538. The molecule has 1 aromatic carbocycles. The van der Waals surface area contributed by atoms with Gasteiger partial charge in [0.15, 0.2) is 0 Å². The number of rotatable bonds is 5. The molecule has 0 aliphatic heterocycles. The first-order chi connectivity index (χ1) is 7.44. The van der Waals surface area contributed by atoms with Gasteiger partial charge in [-0.05, 0) is 24.6 Å². The summed E-state index contributed by atoms with van der Waals surface area (Å²) in [5, 5.41) is 0. The van der Waals surface area contributed by atoms with Crippen molar-refractivity contribution in [3.63, 3.8) is 0 Å². The number of halogens is 2. The van der Waals surface area contributed by atoms with Crippen LogP contribution in [0.4, 0.5) is 4.39 Å². The normalized spacial score (nSPS) is 11.7. The lowest BCUT2D eigenvalue weighted by Gasteiger charge is -2.06. The summed E-state index contributed by atoms with van der Waals surface area (Å²) in [7, 11) is -3.29. The highest BCUT2D eigenvalue weighted by atomic mass is 79.9. The van der Waals surface area contributed by atoms with E-state index in [1.54, 1.807) is 19.1 Å². The van der Waals surface area contributed by atoms with Gasteiger partial charge in [0.05, 0.1) is 5.75 Å². The molecule has 16 heavy (non-hydrogen) atoms. The van der Waals surface area contributed by atoms with Crippen LogP contribution in [0.2, 0.25) is 0 Å². The zero-order valence-electron chi connectivity index (χ0n) is 8.83. The Bertz CT molecular complexity index is 462. The minimum atomic E-state index is -3.29. The second-order valence-electron chi connectivity index (χ2n) is 3.38. The minimum Gasteiger partial charge on any atom is -0.212 e. The molecular formula is C10H13BrFNO2S. The van der Waals surface area contributed by atoms with Crippen molar-refractivity contribution in [3.05, 3.63) is 34.1 Å². The Hall–Kier alpha value is -0.460. The molecule has 3 nitrogen and oxygen atoms in total. The lowest BCUT2D eigenvalue weighted by atomic mass is 10.2. The van der Waals surface area contributed by atoms with Crippen LogP contribution in [0.25, 0.3) is 0 Å². The van der Waals surface area contributed by atoms with Crippen molar-refractivity contribution in [3.8, 4) is 0 Å². The van der Waals surface area contributed by atoms with Crippen molar-refractivity contribution in [1.29, 1.82) is 0 Å². The van der Waals surface area contributed by atoms with Crippen molar-refractivity contribution >= 4 is 26.0 Å². The van der Waals surface area contributed by atoms with Crippen molar-refractivity contribution in [2.45, 2.75) is 19.9 Å². The van der Waals surface area contributed by atoms with Crippen LogP contribution in [-0.2, 0) is 16.6 Å². The van der Waals surface area contributed by atoms with Gasteiger partial charge in [-0.15, -0.1) is 0 Å². The van der Waals surface area contributed by atoms with Gasteiger partial charge in [-0.3, -0.25) is 0 Å². The molecular weight excluding hydrogens is 297 g/mol. The number of hydrogen-bond acceptors (Lipinski definition) is 2. The zero-order valence-corrected chi connectivity index (χ0v) is 11.2. The van der Waals surface area contributed by atoms with E-state index in [0.717, 1.165) is 4.47 Å². The van der Waals surface area contributed by atoms with Crippen LogP contribution in [-0.4, -0.2) is 14.2 Å². The Morgan fingerprint density at radius 2 is 2.12 bits per heavy atom. The highest BCUT2D eigenvalue weighted by Gasteiger charge is 2.10. The molecule has 0 amide bonds. The molecule has 0 bridgehead atoms. The molecule has 1 N–H and O–H groups in total. The predicted molar refractivity (Wildman–Crippen MR) is 65.0 cm³/mol. The Morgan fingerprint density at radius 3 is 2.75 bits per heavy atom. The van der Waals surface area contributed by atoms with Gasteiger partial charge in [-0.25, -0.2) is 17.5 Å². The second-order valence-corrected chi connectivity index (χ2v) is 6.22. The third-order valence-electron chi connectivity index (χ3n) is 1.96. The van der Waals surface area contributed by atoms with Crippen molar-refractivity contribution in [2.75, 3.05) is 5.75 Å². The average molecular weight is 310 g/mol. The number of nitrogens with one attached hydrogen (secondary N) is 1. The van der Waals surface area contributed by atoms with E-state index >= 15 is 0 Å². The molecule has 0 aromatic heterocycles. The Kier molecular flexibility index (Phi) is 4.89. The van der Waals surface area contributed by atoms with Gasteiger partial charge >= 0.3 is 0 Å². The fourth-order valence-electron chi connectivity index (χ4n) is 1.21. The molecule has 1 rings (SSSR count). The summed E-state index contributed by atoms with van der Waals surface area (Å²) in [4.78, 5) is 0. The molecule has 0 radical (unpaired) electrons. The van der Waals surface area contributed by atoms with Gasteiger partial charge in [-0.1, -0.05) is 22.9 Å².